The second-order valence-electron chi connectivity index (χ2n) is 7.38. The Kier molecular flexibility index (Phi) is 8.35. The van der Waals surface area contributed by atoms with E-state index in [2.05, 4.69) is 10.6 Å². The van der Waals surface area contributed by atoms with Crippen molar-refractivity contribution in [3.8, 4) is 0 Å². The van der Waals surface area contributed by atoms with Crippen LogP contribution in [0.25, 0.3) is 0 Å². The number of hydrogen-bond acceptors (Lipinski definition) is 3. The summed E-state index contributed by atoms with van der Waals surface area (Å²) in [7, 11) is 0. The molecule has 0 heterocycles. The number of primary amides is 1. The van der Waals surface area contributed by atoms with E-state index in [0.29, 0.717) is 10.6 Å². The van der Waals surface area contributed by atoms with Gasteiger partial charge in [-0.2, -0.15) is 0 Å². The lowest BCUT2D eigenvalue weighted by molar-refractivity contribution is -0.125. The van der Waals surface area contributed by atoms with Crippen molar-refractivity contribution in [2.24, 2.45) is 17.6 Å². The van der Waals surface area contributed by atoms with Crippen molar-refractivity contribution in [1.29, 1.82) is 0 Å². The standard InChI is InChI=1S/C22H25ClFN3O3/c1-13(2)19(27-21(29)15-5-7-17(23)8-6-15)22(30)26-12-16(20(25)28)11-14-3-9-18(24)10-4-14/h3-10,13,16,19H,11-12H2,1-2H3,(H2,25,28)(H,26,30)(H,27,29). The predicted molar refractivity (Wildman–Crippen MR) is 113 cm³/mol. The highest BCUT2D eigenvalue weighted by molar-refractivity contribution is 6.30. The fourth-order valence-electron chi connectivity index (χ4n) is 2.87. The molecule has 0 bridgehead atoms. The van der Waals surface area contributed by atoms with Crippen molar-refractivity contribution < 1.29 is 18.8 Å². The molecule has 4 N–H and O–H groups in total. The highest BCUT2D eigenvalue weighted by atomic mass is 35.5. The van der Waals surface area contributed by atoms with Crippen molar-refractivity contribution in [2.75, 3.05) is 6.54 Å². The number of hydrogen-bond donors (Lipinski definition) is 3. The van der Waals surface area contributed by atoms with Crippen molar-refractivity contribution >= 4 is 29.3 Å². The number of carbonyl (C=O) groups is 3. The van der Waals surface area contributed by atoms with Crippen LogP contribution in [-0.2, 0) is 16.0 Å². The Morgan fingerprint density at radius 1 is 1.03 bits per heavy atom. The summed E-state index contributed by atoms with van der Waals surface area (Å²) in [6.07, 6.45) is 0.263. The molecule has 6 nitrogen and oxygen atoms in total. The second-order valence-corrected chi connectivity index (χ2v) is 7.81. The normalized spacial score (nSPS) is 12.8. The minimum absolute atomic E-state index is 0.00553. The molecule has 2 atom stereocenters. The molecule has 0 aliphatic carbocycles. The van der Waals surface area contributed by atoms with E-state index in [-0.39, 0.29) is 24.7 Å². The van der Waals surface area contributed by atoms with E-state index in [1.54, 1.807) is 50.2 Å². The molecule has 2 aromatic rings. The molecule has 30 heavy (non-hydrogen) atoms. The van der Waals surface area contributed by atoms with E-state index in [9.17, 15) is 18.8 Å². The molecule has 0 saturated carbocycles. The van der Waals surface area contributed by atoms with E-state index < -0.39 is 29.7 Å². The minimum Gasteiger partial charge on any atom is -0.369 e. The maximum Gasteiger partial charge on any atom is 0.251 e. The summed E-state index contributed by atoms with van der Waals surface area (Å²) in [5.74, 6) is -2.63. The SMILES string of the molecule is CC(C)C(NC(=O)c1ccc(Cl)cc1)C(=O)NCC(Cc1ccc(F)cc1)C(N)=O. The van der Waals surface area contributed by atoms with Gasteiger partial charge in [0.25, 0.3) is 5.91 Å². The fraction of sp³-hybridized carbons (Fsp3) is 0.318. The van der Waals surface area contributed by atoms with Gasteiger partial charge in [0.2, 0.25) is 11.8 Å². The Morgan fingerprint density at radius 2 is 1.63 bits per heavy atom. The summed E-state index contributed by atoms with van der Waals surface area (Å²) in [5.41, 5.74) is 6.57. The van der Waals surface area contributed by atoms with Crippen LogP contribution < -0.4 is 16.4 Å². The zero-order valence-corrected chi connectivity index (χ0v) is 17.6. The molecule has 0 radical (unpaired) electrons. The van der Waals surface area contributed by atoms with Gasteiger partial charge in [-0.05, 0) is 54.3 Å². The molecule has 8 heteroatoms. The monoisotopic (exact) mass is 433 g/mol. The van der Waals surface area contributed by atoms with Crippen molar-refractivity contribution in [2.45, 2.75) is 26.3 Å². The second kappa shape index (κ2) is 10.7. The van der Waals surface area contributed by atoms with Crippen LogP contribution in [0, 0.1) is 17.7 Å². The first-order valence-electron chi connectivity index (χ1n) is 9.55. The fourth-order valence-corrected chi connectivity index (χ4v) is 3.00. The lowest BCUT2D eigenvalue weighted by Crippen LogP contribution is -2.51. The topological polar surface area (TPSA) is 101 Å². The lowest BCUT2D eigenvalue weighted by Gasteiger charge is -2.23. The number of amides is 3. The average molecular weight is 434 g/mol. The molecular weight excluding hydrogens is 409 g/mol. The van der Waals surface area contributed by atoms with Gasteiger partial charge in [-0.25, -0.2) is 4.39 Å². The van der Waals surface area contributed by atoms with Gasteiger partial charge < -0.3 is 16.4 Å². The number of benzene rings is 2. The average Bonchev–Trinajstić information content (AvgIpc) is 2.70. The molecule has 0 aliphatic rings. The lowest BCUT2D eigenvalue weighted by atomic mass is 9.97. The molecule has 0 aliphatic heterocycles. The largest absolute Gasteiger partial charge is 0.369 e. The third-order valence-electron chi connectivity index (χ3n) is 4.66. The summed E-state index contributed by atoms with van der Waals surface area (Å²) < 4.78 is 13.1. The van der Waals surface area contributed by atoms with E-state index in [0.717, 1.165) is 5.56 Å². The number of halogens is 2. The van der Waals surface area contributed by atoms with Crippen LogP contribution in [0.15, 0.2) is 48.5 Å². The molecule has 3 amide bonds. The zero-order chi connectivity index (χ0) is 22.3. The number of nitrogens with one attached hydrogen (secondary N) is 2. The van der Waals surface area contributed by atoms with Crippen LogP contribution in [-0.4, -0.2) is 30.3 Å². The van der Waals surface area contributed by atoms with E-state index >= 15 is 0 Å². The van der Waals surface area contributed by atoms with Gasteiger partial charge in [-0.3, -0.25) is 14.4 Å². The molecule has 2 aromatic carbocycles. The maximum absolute atomic E-state index is 13.1. The van der Waals surface area contributed by atoms with Crippen LogP contribution in [0.1, 0.15) is 29.8 Å². The van der Waals surface area contributed by atoms with E-state index in [1.165, 1.54) is 12.1 Å². The third-order valence-corrected chi connectivity index (χ3v) is 4.91. The van der Waals surface area contributed by atoms with Crippen LogP contribution >= 0.6 is 11.6 Å². The smallest absolute Gasteiger partial charge is 0.251 e. The van der Waals surface area contributed by atoms with Crippen LogP contribution in [0.3, 0.4) is 0 Å². The summed E-state index contributed by atoms with van der Waals surface area (Å²) in [4.78, 5) is 36.9. The Bertz CT molecular complexity index is 886. The first-order chi connectivity index (χ1) is 14.2. The van der Waals surface area contributed by atoms with Gasteiger partial charge in [-0.15, -0.1) is 0 Å². The summed E-state index contributed by atoms with van der Waals surface area (Å²) >= 11 is 5.83. The Morgan fingerprint density at radius 3 is 2.17 bits per heavy atom. The number of rotatable bonds is 9. The van der Waals surface area contributed by atoms with E-state index in [4.69, 9.17) is 17.3 Å². The first kappa shape index (κ1) is 23.3. The number of carbonyl (C=O) groups excluding carboxylic acids is 3. The summed E-state index contributed by atoms with van der Waals surface area (Å²) in [5, 5.41) is 5.91. The van der Waals surface area contributed by atoms with Crippen LogP contribution in [0.5, 0.6) is 0 Å². The third kappa shape index (κ3) is 6.84. The molecule has 2 rings (SSSR count). The highest BCUT2D eigenvalue weighted by Gasteiger charge is 2.26. The van der Waals surface area contributed by atoms with Crippen LogP contribution in [0.2, 0.25) is 5.02 Å². The highest BCUT2D eigenvalue weighted by Crippen LogP contribution is 2.12. The summed E-state index contributed by atoms with van der Waals surface area (Å²) in [6.45, 7) is 3.61. The van der Waals surface area contributed by atoms with Gasteiger partial charge >= 0.3 is 0 Å². The molecule has 0 aromatic heterocycles. The molecular formula is C22H25ClFN3O3. The van der Waals surface area contributed by atoms with Crippen molar-refractivity contribution in [3.05, 3.63) is 70.5 Å². The van der Waals surface area contributed by atoms with Gasteiger partial charge in [0, 0.05) is 17.1 Å². The molecule has 2 unspecified atom stereocenters. The Hall–Kier alpha value is -2.93. The van der Waals surface area contributed by atoms with Crippen molar-refractivity contribution in [1.82, 2.24) is 10.6 Å². The maximum atomic E-state index is 13.1. The zero-order valence-electron chi connectivity index (χ0n) is 16.8. The summed E-state index contributed by atoms with van der Waals surface area (Å²) in [6, 6.07) is 11.2. The van der Waals surface area contributed by atoms with Gasteiger partial charge in [0.05, 0.1) is 5.92 Å². The number of nitrogens with two attached hydrogens (primary N) is 1. The van der Waals surface area contributed by atoms with Crippen molar-refractivity contribution in [3.63, 3.8) is 0 Å². The van der Waals surface area contributed by atoms with Gasteiger partial charge in [-0.1, -0.05) is 37.6 Å². The molecule has 160 valence electrons. The quantitative estimate of drug-likeness (QED) is 0.566. The predicted octanol–water partition coefficient (Wildman–Crippen LogP) is 2.69. The van der Waals surface area contributed by atoms with Crippen LogP contribution in [0.4, 0.5) is 4.39 Å². The Balaban J connectivity index is 2.00. The molecule has 0 saturated heterocycles. The first-order valence-corrected chi connectivity index (χ1v) is 9.93. The minimum atomic E-state index is -0.799. The van der Waals surface area contributed by atoms with Gasteiger partial charge in [0.15, 0.2) is 0 Å². The van der Waals surface area contributed by atoms with E-state index in [1.807, 2.05) is 0 Å². The molecule has 0 spiro atoms. The molecule has 0 fully saturated rings. The Labute approximate surface area is 180 Å². The van der Waals surface area contributed by atoms with Gasteiger partial charge in [0.1, 0.15) is 11.9 Å².